The summed E-state index contributed by atoms with van der Waals surface area (Å²) in [4.78, 5) is 16.4. The van der Waals surface area contributed by atoms with E-state index in [1.54, 1.807) is 12.4 Å². The first-order valence-corrected chi connectivity index (χ1v) is 7.12. The minimum atomic E-state index is 0.469. The smallest absolute Gasteiger partial charge is 0.109 e. The number of imidazole rings is 1. The molecule has 1 atom stereocenters. The Bertz CT molecular complexity index is 547. The Kier molecular flexibility index (Phi) is 4.84. The van der Waals surface area contributed by atoms with E-state index in [0.717, 1.165) is 35.7 Å². The first kappa shape index (κ1) is 14.7. The third-order valence-corrected chi connectivity index (χ3v) is 3.38. The number of aromatic amines is 1. The quantitative estimate of drug-likeness (QED) is 0.846. The number of nitrogens with one attached hydrogen (secondary N) is 1. The lowest BCUT2D eigenvalue weighted by Crippen LogP contribution is -2.19. The van der Waals surface area contributed by atoms with Gasteiger partial charge in [-0.3, -0.25) is 9.97 Å². The predicted octanol–water partition coefficient (Wildman–Crippen LogP) is 2.34. The lowest BCUT2D eigenvalue weighted by atomic mass is 9.94. The summed E-state index contributed by atoms with van der Waals surface area (Å²) in [6, 6.07) is 0. The maximum absolute atomic E-state index is 5.85. The Morgan fingerprint density at radius 2 is 1.95 bits per heavy atom. The molecular weight excluding hydrogens is 250 g/mol. The van der Waals surface area contributed by atoms with Crippen LogP contribution < -0.4 is 5.73 Å². The summed E-state index contributed by atoms with van der Waals surface area (Å²) in [5, 5.41) is 0. The largest absolute Gasteiger partial charge is 0.341 e. The number of nitrogens with zero attached hydrogens (tertiary/aromatic N) is 3. The van der Waals surface area contributed by atoms with Gasteiger partial charge in [0, 0.05) is 18.8 Å². The first-order valence-electron chi connectivity index (χ1n) is 7.12. The Balaban J connectivity index is 2.11. The molecule has 2 rings (SSSR count). The molecule has 5 heteroatoms. The maximum Gasteiger partial charge on any atom is 0.109 e. The van der Waals surface area contributed by atoms with Gasteiger partial charge in [-0.2, -0.15) is 0 Å². The van der Waals surface area contributed by atoms with Gasteiger partial charge in [-0.1, -0.05) is 13.8 Å². The zero-order chi connectivity index (χ0) is 14.5. The zero-order valence-electron chi connectivity index (χ0n) is 12.4. The highest BCUT2D eigenvalue weighted by Crippen LogP contribution is 2.19. The molecule has 0 aliphatic carbocycles. The Morgan fingerprint density at radius 3 is 2.60 bits per heavy atom. The number of aryl methyl sites for hydroxylation is 1. The highest BCUT2D eigenvalue weighted by Gasteiger charge is 2.13. The fraction of sp³-hybridized carbons (Fsp3) is 0.533. The number of aromatic nitrogens is 4. The molecule has 0 spiro atoms. The third-order valence-electron chi connectivity index (χ3n) is 3.38. The highest BCUT2D eigenvalue weighted by atomic mass is 14.9. The average molecular weight is 273 g/mol. The van der Waals surface area contributed by atoms with Crippen molar-refractivity contribution >= 4 is 0 Å². The van der Waals surface area contributed by atoms with Crippen LogP contribution >= 0.6 is 0 Å². The normalized spacial score (nSPS) is 12.8. The van der Waals surface area contributed by atoms with Crippen molar-refractivity contribution in [3.05, 3.63) is 30.1 Å². The second-order valence-corrected chi connectivity index (χ2v) is 5.67. The second-order valence-electron chi connectivity index (χ2n) is 5.67. The van der Waals surface area contributed by atoms with Gasteiger partial charge in [0.1, 0.15) is 11.5 Å². The fourth-order valence-electron chi connectivity index (χ4n) is 2.46. The minimum absolute atomic E-state index is 0.469. The summed E-state index contributed by atoms with van der Waals surface area (Å²) in [7, 11) is 0. The summed E-state index contributed by atoms with van der Waals surface area (Å²) in [5.74, 6) is 2.10. The zero-order valence-corrected chi connectivity index (χ0v) is 12.4. The van der Waals surface area contributed by atoms with Crippen molar-refractivity contribution in [1.82, 2.24) is 19.9 Å². The SMILES string of the molecule is Cc1nccnc1-c1cnc(CC(CN)CC(C)C)[nH]1. The van der Waals surface area contributed by atoms with Crippen LogP contribution in [-0.2, 0) is 6.42 Å². The van der Waals surface area contributed by atoms with Crippen LogP contribution in [0.5, 0.6) is 0 Å². The summed E-state index contributed by atoms with van der Waals surface area (Å²) >= 11 is 0. The number of hydrogen-bond donors (Lipinski definition) is 2. The van der Waals surface area contributed by atoms with Crippen LogP contribution in [-0.4, -0.2) is 26.5 Å². The van der Waals surface area contributed by atoms with Crippen LogP contribution in [0.15, 0.2) is 18.6 Å². The Morgan fingerprint density at radius 1 is 1.20 bits per heavy atom. The van der Waals surface area contributed by atoms with Gasteiger partial charge in [0.25, 0.3) is 0 Å². The molecule has 2 aromatic rings. The van der Waals surface area contributed by atoms with E-state index in [9.17, 15) is 0 Å². The molecule has 0 aliphatic rings. The van der Waals surface area contributed by atoms with Crippen LogP contribution in [0.25, 0.3) is 11.4 Å². The summed E-state index contributed by atoms with van der Waals surface area (Å²) in [6.45, 7) is 7.08. The van der Waals surface area contributed by atoms with Crippen LogP contribution in [0.3, 0.4) is 0 Å². The van der Waals surface area contributed by atoms with Crippen molar-refractivity contribution < 1.29 is 0 Å². The van der Waals surface area contributed by atoms with E-state index in [-0.39, 0.29) is 0 Å². The highest BCUT2D eigenvalue weighted by molar-refractivity contribution is 5.55. The number of H-pyrrole nitrogens is 1. The molecule has 2 aromatic heterocycles. The molecule has 0 amide bonds. The van der Waals surface area contributed by atoms with E-state index in [4.69, 9.17) is 5.73 Å². The summed E-state index contributed by atoms with van der Waals surface area (Å²) < 4.78 is 0. The lowest BCUT2D eigenvalue weighted by molar-refractivity contribution is 0.409. The van der Waals surface area contributed by atoms with Gasteiger partial charge < -0.3 is 10.7 Å². The van der Waals surface area contributed by atoms with E-state index < -0.39 is 0 Å². The molecule has 0 saturated heterocycles. The van der Waals surface area contributed by atoms with Crippen molar-refractivity contribution in [1.29, 1.82) is 0 Å². The van der Waals surface area contributed by atoms with E-state index in [2.05, 4.69) is 33.8 Å². The predicted molar refractivity (Wildman–Crippen MR) is 80.1 cm³/mol. The van der Waals surface area contributed by atoms with Crippen molar-refractivity contribution in [2.45, 2.75) is 33.6 Å². The standard InChI is InChI=1S/C15H23N5/c1-10(2)6-12(8-16)7-14-19-9-13(20-14)15-11(3)17-4-5-18-15/h4-5,9-10,12H,6-8,16H2,1-3H3,(H,19,20). The van der Waals surface area contributed by atoms with Crippen LogP contribution in [0.4, 0.5) is 0 Å². The monoisotopic (exact) mass is 273 g/mol. The van der Waals surface area contributed by atoms with E-state index in [1.807, 2.05) is 13.1 Å². The van der Waals surface area contributed by atoms with Crippen LogP contribution in [0.2, 0.25) is 0 Å². The van der Waals surface area contributed by atoms with Crippen LogP contribution in [0.1, 0.15) is 31.8 Å². The van der Waals surface area contributed by atoms with Crippen molar-refractivity contribution in [2.24, 2.45) is 17.6 Å². The summed E-state index contributed by atoms with van der Waals surface area (Å²) in [6.07, 6.45) is 7.23. The lowest BCUT2D eigenvalue weighted by Gasteiger charge is -2.15. The third kappa shape index (κ3) is 3.63. The Hall–Kier alpha value is -1.75. The van der Waals surface area contributed by atoms with Gasteiger partial charge in [-0.15, -0.1) is 0 Å². The molecule has 1 unspecified atom stereocenters. The molecule has 2 heterocycles. The van der Waals surface area contributed by atoms with E-state index in [1.165, 1.54) is 0 Å². The topological polar surface area (TPSA) is 80.5 Å². The molecule has 0 aromatic carbocycles. The van der Waals surface area contributed by atoms with Crippen molar-refractivity contribution in [2.75, 3.05) is 6.54 Å². The number of nitrogens with two attached hydrogens (primary N) is 1. The van der Waals surface area contributed by atoms with E-state index in [0.29, 0.717) is 18.4 Å². The molecule has 3 N–H and O–H groups in total. The van der Waals surface area contributed by atoms with E-state index >= 15 is 0 Å². The molecule has 0 bridgehead atoms. The van der Waals surface area contributed by atoms with Gasteiger partial charge in [0.05, 0.1) is 17.6 Å². The molecule has 0 fully saturated rings. The molecular formula is C15H23N5. The molecule has 20 heavy (non-hydrogen) atoms. The molecule has 0 saturated carbocycles. The van der Waals surface area contributed by atoms with Gasteiger partial charge in [-0.05, 0) is 31.7 Å². The maximum atomic E-state index is 5.85. The minimum Gasteiger partial charge on any atom is -0.341 e. The molecule has 5 nitrogen and oxygen atoms in total. The van der Waals surface area contributed by atoms with Crippen molar-refractivity contribution in [3.63, 3.8) is 0 Å². The van der Waals surface area contributed by atoms with Gasteiger partial charge in [0.2, 0.25) is 0 Å². The summed E-state index contributed by atoms with van der Waals surface area (Å²) in [5.41, 5.74) is 8.53. The second kappa shape index (κ2) is 6.61. The van der Waals surface area contributed by atoms with Crippen LogP contribution in [0, 0.1) is 18.8 Å². The molecule has 0 aliphatic heterocycles. The fourth-order valence-corrected chi connectivity index (χ4v) is 2.46. The van der Waals surface area contributed by atoms with Gasteiger partial charge >= 0.3 is 0 Å². The number of hydrogen-bond acceptors (Lipinski definition) is 4. The average Bonchev–Trinajstić information content (AvgIpc) is 2.86. The first-order chi connectivity index (χ1) is 9.60. The van der Waals surface area contributed by atoms with Gasteiger partial charge in [-0.25, -0.2) is 4.98 Å². The van der Waals surface area contributed by atoms with Gasteiger partial charge in [0.15, 0.2) is 0 Å². The molecule has 108 valence electrons. The van der Waals surface area contributed by atoms with Crippen molar-refractivity contribution in [3.8, 4) is 11.4 Å². The number of rotatable bonds is 6. The Labute approximate surface area is 120 Å². The molecule has 0 radical (unpaired) electrons.